The fourth-order valence-electron chi connectivity index (χ4n) is 1.33. The molecule has 92 valence electrons. The normalized spacial score (nSPS) is 11.9. The van der Waals surface area contributed by atoms with Crippen LogP contribution in [0.1, 0.15) is 12.0 Å². The van der Waals surface area contributed by atoms with Gasteiger partial charge in [-0.3, -0.25) is 4.79 Å². The Labute approximate surface area is 104 Å². The van der Waals surface area contributed by atoms with Crippen LogP contribution in [0.2, 0.25) is 5.02 Å². The standard InChI is InChI=1S/C11H14ClN3O2/c1-17-10(16)5-9(14)11(15)7-4-6(12)2-3-8(7)13/h2-4,9,15H,5,13-14H2,1H3. The number of hydrogen-bond donors (Lipinski definition) is 3. The highest BCUT2D eigenvalue weighted by molar-refractivity contribution is 6.31. The van der Waals surface area contributed by atoms with Gasteiger partial charge in [-0.05, 0) is 18.2 Å². The first kappa shape index (κ1) is 13.5. The van der Waals surface area contributed by atoms with Gasteiger partial charge in [-0.2, -0.15) is 0 Å². The van der Waals surface area contributed by atoms with Gasteiger partial charge >= 0.3 is 5.97 Å². The van der Waals surface area contributed by atoms with E-state index >= 15 is 0 Å². The Bertz CT molecular complexity index is 448. The number of rotatable bonds is 4. The van der Waals surface area contributed by atoms with E-state index in [1.165, 1.54) is 7.11 Å². The van der Waals surface area contributed by atoms with Gasteiger partial charge < -0.3 is 21.6 Å². The lowest BCUT2D eigenvalue weighted by atomic mass is 10.00. The van der Waals surface area contributed by atoms with Crippen LogP contribution in [-0.4, -0.2) is 24.8 Å². The molecule has 1 rings (SSSR count). The van der Waals surface area contributed by atoms with E-state index < -0.39 is 12.0 Å². The molecule has 0 heterocycles. The lowest BCUT2D eigenvalue weighted by Gasteiger charge is -2.14. The molecule has 0 aliphatic rings. The minimum Gasteiger partial charge on any atom is -0.469 e. The van der Waals surface area contributed by atoms with Crippen molar-refractivity contribution >= 4 is 29.0 Å². The van der Waals surface area contributed by atoms with E-state index in [2.05, 4.69) is 4.74 Å². The zero-order valence-corrected chi connectivity index (χ0v) is 10.1. The average Bonchev–Trinajstić information content (AvgIpc) is 2.31. The highest BCUT2D eigenvalue weighted by Gasteiger charge is 2.18. The molecule has 0 saturated carbocycles. The summed E-state index contributed by atoms with van der Waals surface area (Å²) in [6.45, 7) is 0. The number of nitrogen functional groups attached to an aromatic ring is 1. The molecule has 0 spiro atoms. The Balaban J connectivity index is 2.88. The van der Waals surface area contributed by atoms with Crippen LogP contribution in [0.4, 0.5) is 5.69 Å². The molecule has 0 saturated heterocycles. The van der Waals surface area contributed by atoms with Gasteiger partial charge in [0.1, 0.15) is 0 Å². The molecule has 0 radical (unpaired) electrons. The molecule has 0 aromatic heterocycles. The van der Waals surface area contributed by atoms with Gasteiger partial charge in [0.2, 0.25) is 0 Å². The van der Waals surface area contributed by atoms with Gasteiger partial charge in [-0.15, -0.1) is 0 Å². The van der Waals surface area contributed by atoms with Crippen molar-refractivity contribution in [1.82, 2.24) is 0 Å². The van der Waals surface area contributed by atoms with Gasteiger partial charge in [0.05, 0.1) is 25.3 Å². The van der Waals surface area contributed by atoms with Crippen LogP contribution in [0, 0.1) is 5.41 Å². The second-order valence-electron chi connectivity index (χ2n) is 3.53. The molecular formula is C11H14ClN3O2. The molecule has 0 aliphatic carbocycles. The number of hydrogen-bond acceptors (Lipinski definition) is 5. The third-order valence-corrected chi connectivity index (χ3v) is 2.53. The van der Waals surface area contributed by atoms with E-state index in [1.54, 1.807) is 18.2 Å². The highest BCUT2D eigenvalue weighted by atomic mass is 35.5. The van der Waals surface area contributed by atoms with Crippen LogP contribution < -0.4 is 11.5 Å². The zero-order valence-electron chi connectivity index (χ0n) is 9.37. The van der Waals surface area contributed by atoms with Crippen molar-refractivity contribution in [2.24, 2.45) is 5.73 Å². The van der Waals surface area contributed by atoms with Crippen LogP contribution in [0.25, 0.3) is 0 Å². The summed E-state index contributed by atoms with van der Waals surface area (Å²) in [6, 6.07) is 4.01. The second kappa shape index (κ2) is 5.65. The largest absolute Gasteiger partial charge is 0.469 e. The quantitative estimate of drug-likeness (QED) is 0.427. The van der Waals surface area contributed by atoms with Crippen molar-refractivity contribution in [1.29, 1.82) is 5.41 Å². The summed E-state index contributed by atoms with van der Waals surface area (Å²) in [4.78, 5) is 11.1. The molecule has 0 amide bonds. The van der Waals surface area contributed by atoms with E-state index in [4.69, 9.17) is 28.5 Å². The Hall–Kier alpha value is -1.59. The molecule has 0 bridgehead atoms. The van der Waals surface area contributed by atoms with Crippen LogP contribution in [-0.2, 0) is 9.53 Å². The third-order valence-electron chi connectivity index (χ3n) is 2.29. The molecule has 6 heteroatoms. The van der Waals surface area contributed by atoms with Crippen molar-refractivity contribution in [2.45, 2.75) is 12.5 Å². The van der Waals surface area contributed by atoms with Crippen LogP contribution in [0.3, 0.4) is 0 Å². The van der Waals surface area contributed by atoms with E-state index in [-0.39, 0.29) is 12.1 Å². The number of halogens is 1. The predicted octanol–water partition coefficient (Wildman–Crippen LogP) is 1.18. The molecule has 1 aromatic carbocycles. The van der Waals surface area contributed by atoms with Gasteiger partial charge in [-0.1, -0.05) is 11.6 Å². The molecule has 1 aromatic rings. The summed E-state index contributed by atoms with van der Waals surface area (Å²) in [7, 11) is 1.27. The molecular weight excluding hydrogens is 242 g/mol. The monoisotopic (exact) mass is 255 g/mol. The Morgan fingerprint density at radius 3 is 2.82 bits per heavy atom. The van der Waals surface area contributed by atoms with E-state index in [9.17, 15) is 4.79 Å². The van der Waals surface area contributed by atoms with Crippen molar-refractivity contribution in [3.05, 3.63) is 28.8 Å². The van der Waals surface area contributed by atoms with Crippen molar-refractivity contribution in [3.8, 4) is 0 Å². The van der Waals surface area contributed by atoms with Crippen LogP contribution >= 0.6 is 11.6 Å². The maximum atomic E-state index is 11.1. The molecule has 1 atom stereocenters. The molecule has 5 N–H and O–H groups in total. The third kappa shape index (κ3) is 3.44. The predicted molar refractivity (Wildman–Crippen MR) is 67.3 cm³/mol. The number of nitrogens with one attached hydrogen (secondary N) is 1. The number of esters is 1. The number of carbonyl (C=O) groups excluding carboxylic acids is 1. The first-order valence-electron chi connectivity index (χ1n) is 4.92. The van der Waals surface area contributed by atoms with Crippen LogP contribution in [0.15, 0.2) is 18.2 Å². The second-order valence-corrected chi connectivity index (χ2v) is 3.97. The zero-order chi connectivity index (χ0) is 13.0. The fraction of sp³-hybridized carbons (Fsp3) is 0.273. The van der Waals surface area contributed by atoms with Gasteiger partial charge in [-0.25, -0.2) is 0 Å². The minimum absolute atomic E-state index is 0.0652. The lowest BCUT2D eigenvalue weighted by molar-refractivity contribution is -0.140. The Kier molecular flexibility index (Phi) is 4.48. The topological polar surface area (TPSA) is 102 Å². The molecule has 0 aliphatic heterocycles. The number of methoxy groups -OCH3 is 1. The SMILES string of the molecule is COC(=O)CC(N)C(=N)c1cc(Cl)ccc1N. The molecule has 17 heavy (non-hydrogen) atoms. The summed E-state index contributed by atoms with van der Waals surface area (Å²) in [6.07, 6.45) is -0.0682. The molecule has 0 fully saturated rings. The number of nitrogens with two attached hydrogens (primary N) is 2. The summed E-state index contributed by atoms with van der Waals surface area (Å²) in [5.74, 6) is -0.470. The molecule has 1 unspecified atom stereocenters. The summed E-state index contributed by atoms with van der Waals surface area (Å²) >= 11 is 5.81. The summed E-state index contributed by atoms with van der Waals surface area (Å²) in [5.41, 5.74) is 12.3. The number of carbonyl (C=O) groups is 1. The maximum absolute atomic E-state index is 11.1. The van der Waals surface area contributed by atoms with Crippen molar-refractivity contribution < 1.29 is 9.53 Å². The first-order chi connectivity index (χ1) is 7.95. The van der Waals surface area contributed by atoms with E-state index in [1.807, 2.05) is 0 Å². The van der Waals surface area contributed by atoms with E-state index in [0.717, 1.165) is 0 Å². The Morgan fingerprint density at radius 1 is 1.59 bits per heavy atom. The number of anilines is 1. The van der Waals surface area contributed by atoms with Crippen molar-refractivity contribution in [3.63, 3.8) is 0 Å². The summed E-state index contributed by atoms with van der Waals surface area (Å²) in [5, 5.41) is 8.33. The Morgan fingerprint density at radius 2 is 2.24 bits per heavy atom. The fourth-order valence-corrected chi connectivity index (χ4v) is 1.50. The average molecular weight is 256 g/mol. The highest BCUT2D eigenvalue weighted by Crippen LogP contribution is 2.19. The number of benzene rings is 1. The minimum atomic E-state index is -0.761. The van der Waals surface area contributed by atoms with Crippen molar-refractivity contribution in [2.75, 3.05) is 12.8 Å². The number of ether oxygens (including phenoxy) is 1. The van der Waals surface area contributed by atoms with Gasteiger partial charge in [0.15, 0.2) is 0 Å². The molecule has 5 nitrogen and oxygen atoms in total. The van der Waals surface area contributed by atoms with Gasteiger partial charge in [0.25, 0.3) is 0 Å². The first-order valence-corrected chi connectivity index (χ1v) is 5.29. The smallest absolute Gasteiger partial charge is 0.307 e. The maximum Gasteiger partial charge on any atom is 0.307 e. The van der Waals surface area contributed by atoms with Gasteiger partial charge in [0, 0.05) is 16.3 Å². The summed E-state index contributed by atoms with van der Waals surface area (Å²) < 4.78 is 4.49. The lowest BCUT2D eigenvalue weighted by Crippen LogP contribution is -2.33. The van der Waals surface area contributed by atoms with Crippen LogP contribution in [0.5, 0.6) is 0 Å². The van der Waals surface area contributed by atoms with E-state index in [0.29, 0.717) is 16.3 Å².